The summed E-state index contributed by atoms with van der Waals surface area (Å²) in [6.07, 6.45) is 4.16. The third-order valence-corrected chi connectivity index (χ3v) is 6.36. The minimum absolute atomic E-state index is 0.155. The van der Waals surface area contributed by atoms with Crippen molar-refractivity contribution in [3.63, 3.8) is 0 Å². The van der Waals surface area contributed by atoms with Gasteiger partial charge in [0.1, 0.15) is 0 Å². The molecule has 9 heteroatoms. The van der Waals surface area contributed by atoms with E-state index in [9.17, 15) is 12.8 Å². The number of nitrogens with zero attached hydrogens (tertiary/aromatic N) is 2. The van der Waals surface area contributed by atoms with Gasteiger partial charge in [0.15, 0.2) is 17.5 Å². The molecule has 0 aromatic heterocycles. The van der Waals surface area contributed by atoms with Crippen LogP contribution in [0.4, 0.5) is 4.39 Å². The quantitative estimate of drug-likeness (QED) is 0.295. The van der Waals surface area contributed by atoms with Crippen LogP contribution in [0, 0.1) is 11.7 Å². The normalized spacial score (nSPS) is 15.9. The lowest BCUT2D eigenvalue weighted by Gasteiger charge is -2.19. The lowest BCUT2D eigenvalue weighted by molar-refractivity contribution is 0.285. The molecule has 0 aliphatic heterocycles. The number of aliphatic imine (C=N–C) groups is 1. The fourth-order valence-corrected chi connectivity index (χ4v) is 3.93. The van der Waals surface area contributed by atoms with Crippen molar-refractivity contribution in [2.75, 3.05) is 39.0 Å². The Balaban J connectivity index is 1.90. The van der Waals surface area contributed by atoms with Gasteiger partial charge in [-0.2, -0.15) is 0 Å². The van der Waals surface area contributed by atoms with Crippen LogP contribution in [0.15, 0.2) is 23.2 Å². The molecule has 1 aliphatic rings. The van der Waals surface area contributed by atoms with E-state index in [0.29, 0.717) is 56.8 Å². The molecule has 1 fully saturated rings. The molecule has 0 radical (unpaired) electrons. The standard InChI is InChI=1S/C21H35FN4O3S/c1-5-23-21(24-12-7-13-26(6-2)30(4,27)28)25-16(3)18-10-11-20(19(22)14-18)29-15-17-8-9-17/h10-11,14,16-17H,5-9,12-13,15H2,1-4H3,(H2,23,24,25). The monoisotopic (exact) mass is 442 g/mol. The van der Waals surface area contributed by atoms with Gasteiger partial charge in [-0.3, -0.25) is 4.99 Å². The molecule has 1 unspecified atom stereocenters. The van der Waals surface area contributed by atoms with Crippen LogP contribution in [-0.2, 0) is 10.0 Å². The number of benzene rings is 1. The summed E-state index contributed by atoms with van der Waals surface area (Å²) < 4.78 is 44.7. The van der Waals surface area contributed by atoms with Crippen LogP contribution in [0.1, 0.15) is 51.6 Å². The molecule has 2 rings (SSSR count). The largest absolute Gasteiger partial charge is 0.490 e. The molecular formula is C21H35FN4O3S. The molecule has 0 saturated heterocycles. The molecule has 170 valence electrons. The topological polar surface area (TPSA) is 83.0 Å². The van der Waals surface area contributed by atoms with E-state index in [4.69, 9.17) is 4.74 Å². The summed E-state index contributed by atoms with van der Waals surface area (Å²) in [4.78, 5) is 4.52. The summed E-state index contributed by atoms with van der Waals surface area (Å²) in [7, 11) is -3.19. The smallest absolute Gasteiger partial charge is 0.211 e. The van der Waals surface area contributed by atoms with Gasteiger partial charge in [-0.15, -0.1) is 0 Å². The number of ether oxygens (including phenoxy) is 1. The van der Waals surface area contributed by atoms with Crippen LogP contribution in [0.5, 0.6) is 5.75 Å². The van der Waals surface area contributed by atoms with Crippen molar-refractivity contribution in [2.24, 2.45) is 10.9 Å². The molecule has 0 heterocycles. The SMILES string of the molecule is CCNC(=NCCCN(CC)S(C)(=O)=O)NC(C)c1ccc(OCC2CC2)c(F)c1. The molecule has 0 amide bonds. The Morgan fingerprint density at radius 2 is 2.10 bits per heavy atom. The first-order valence-corrected chi connectivity index (χ1v) is 12.5. The molecule has 2 N–H and O–H groups in total. The fraction of sp³-hybridized carbons (Fsp3) is 0.667. The van der Waals surface area contributed by atoms with Crippen LogP contribution in [0.3, 0.4) is 0 Å². The molecule has 1 saturated carbocycles. The second-order valence-corrected chi connectivity index (χ2v) is 9.66. The highest BCUT2D eigenvalue weighted by Crippen LogP contribution is 2.30. The summed E-state index contributed by atoms with van der Waals surface area (Å²) >= 11 is 0. The average molecular weight is 443 g/mol. The highest BCUT2D eigenvalue weighted by Gasteiger charge is 2.22. The molecule has 1 aromatic rings. The zero-order chi connectivity index (χ0) is 22.1. The van der Waals surface area contributed by atoms with Crippen LogP contribution in [-0.4, -0.2) is 57.7 Å². The van der Waals surface area contributed by atoms with Gasteiger partial charge in [0, 0.05) is 26.2 Å². The average Bonchev–Trinajstić information content (AvgIpc) is 3.50. The maximum atomic E-state index is 14.4. The van der Waals surface area contributed by atoms with E-state index in [1.54, 1.807) is 6.07 Å². The Morgan fingerprint density at radius 1 is 1.37 bits per heavy atom. The molecule has 30 heavy (non-hydrogen) atoms. The Morgan fingerprint density at radius 3 is 2.67 bits per heavy atom. The zero-order valence-electron chi connectivity index (χ0n) is 18.4. The van der Waals surface area contributed by atoms with Crippen molar-refractivity contribution in [1.82, 2.24) is 14.9 Å². The van der Waals surface area contributed by atoms with Crippen LogP contribution >= 0.6 is 0 Å². The van der Waals surface area contributed by atoms with Crippen LogP contribution in [0.25, 0.3) is 0 Å². The van der Waals surface area contributed by atoms with Gasteiger partial charge in [-0.05, 0) is 56.7 Å². The van der Waals surface area contributed by atoms with E-state index in [0.717, 1.165) is 18.4 Å². The van der Waals surface area contributed by atoms with Crippen LogP contribution < -0.4 is 15.4 Å². The summed E-state index contributed by atoms with van der Waals surface area (Å²) in [5.74, 6) is 1.13. The summed E-state index contributed by atoms with van der Waals surface area (Å²) in [6, 6.07) is 4.88. The first-order chi connectivity index (χ1) is 14.2. The Bertz CT molecular complexity index is 812. The molecule has 1 aliphatic carbocycles. The first kappa shape index (κ1) is 24.4. The van der Waals surface area contributed by atoms with E-state index in [2.05, 4.69) is 15.6 Å². The van der Waals surface area contributed by atoms with Gasteiger partial charge in [0.05, 0.1) is 18.9 Å². The second-order valence-electron chi connectivity index (χ2n) is 7.68. The maximum Gasteiger partial charge on any atom is 0.211 e. The first-order valence-electron chi connectivity index (χ1n) is 10.7. The van der Waals surface area contributed by atoms with Crippen molar-refractivity contribution >= 4 is 16.0 Å². The minimum atomic E-state index is -3.19. The molecule has 7 nitrogen and oxygen atoms in total. The van der Waals surface area contributed by atoms with E-state index in [-0.39, 0.29) is 11.9 Å². The summed E-state index contributed by atoms with van der Waals surface area (Å²) in [6.45, 7) is 8.35. The van der Waals surface area contributed by atoms with E-state index in [1.165, 1.54) is 16.6 Å². The molecular weight excluding hydrogens is 407 g/mol. The fourth-order valence-electron chi connectivity index (χ4n) is 3.00. The lowest BCUT2D eigenvalue weighted by Crippen LogP contribution is -2.39. The van der Waals surface area contributed by atoms with Crippen molar-refractivity contribution in [1.29, 1.82) is 0 Å². The Hall–Kier alpha value is -1.87. The second kappa shape index (κ2) is 11.5. The molecule has 1 aromatic carbocycles. The van der Waals surface area contributed by atoms with Gasteiger partial charge in [-0.1, -0.05) is 13.0 Å². The summed E-state index contributed by atoms with van der Waals surface area (Å²) in [5.41, 5.74) is 0.797. The number of halogens is 1. The number of hydrogen-bond acceptors (Lipinski definition) is 4. The number of nitrogens with one attached hydrogen (secondary N) is 2. The predicted molar refractivity (Wildman–Crippen MR) is 119 cm³/mol. The number of rotatable bonds is 12. The van der Waals surface area contributed by atoms with Crippen molar-refractivity contribution in [3.8, 4) is 5.75 Å². The Kier molecular flexibility index (Phi) is 9.36. The highest BCUT2D eigenvalue weighted by molar-refractivity contribution is 7.88. The minimum Gasteiger partial charge on any atom is -0.490 e. The van der Waals surface area contributed by atoms with E-state index in [1.807, 2.05) is 26.8 Å². The van der Waals surface area contributed by atoms with Gasteiger partial charge in [-0.25, -0.2) is 17.1 Å². The highest BCUT2D eigenvalue weighted by atomic mass is 32.2. The van der Waals surface area contributed by atoms with E-state index < -0.39 is 10.0 Å². The van der Waals surface area contributed by atoms with E-state index >= 15 is 0 Å². The third kappa shape index (κ3) is 8.10. The molecule has 0 spiro atoms. The van der Waals surface area contributed by atoms with Crippen molar-refractivity contribution in [2.45, 2.75) is 46.1 Å². The van der Waals surface area contributed by atoms with Crippen molar-refractivity contribution in [3.05, 3.63) is 29.6 Å². The maximum absolute atomic E-state index is 14.4. The zero-order valence-corrected chi connectivity index (χ0v) is 19.3. The number of guanidine groups is 1. The van der Waals surface area contributed by atoms with Crippen LogP contribution in [0.2, 0.25) is 0 Å². The summed E-state index contributed by atoms with van der Waals surface area (Å²) in [5, 5.41) is 6.44. The number of hydrogen-bond donors (Lipinski definition) is 2. The molecule has 1 atom stereocenters. The molecule has 0 bridgehead atoms. The Labute approximate surface area is 180 Å². The van der Waals surface area contributed by atoms with Gasteiger partial charge in [0.25, 0.3) is 0 Å². The lowest BCUT2D eigenvalue weighted by atomic mass is 10.1. The van der Waals surface area contributed by atoms with Gasteiger partial charge in [0.2, 0.25) is 10.0 Å². The number of sulfonamides is 1. The van der Waals surface area contributed by atoms with Gasteiger partial charge < -0.3 is 15.4 Å². The van der Waals surface area contributed by atoms with Crippen molar-refractivity contribution < 1.29 is 17.5 Å². The van der Waals surface area contributed by atoms with Gasteiger partial charge >= 0.3 is 0 Å². The predicted octanol–water partition coefficient (Wildman–Crippen LogP) is 2.90. The third-order valence-electron chi connectivity index (χ3n) is 4.98.